The summed E-state index contributed by atoms with van der Waals surface area (Å²) < 4.78 is 5.69. The van der Waals surface area contributed by atoms with Gasteiger partial charge in [-0.15, -0.1) is 0 Å². The minimum atomic E-state index is -0.267. The van der Waals surface area contributed by atoms with Gasteiger partial charge in [-0.25, -0.2) is 0 Å². The number of rotatable bonds is 2. The second-order valence-corrected chi connectivity index (χ2v) is 7.96. The highest BCUT2D eigenvalue weighted by molar-refractivity contribution is 6.24. The molecule has 1 spiro atoms. The first-order valence-electron chi connectivity index (χ1n) is 8.41. The highest BCUT2D eigenvalue weighted by Crippen LogP contribution is 2.49. The van der Waals surface area contributed by atoms with Crippen molar-refractivity contribution < 1.29 is 9.53 Å². The van der Waals surface area contributed by atoms with Gasteiger partial charge in [0.2, 0.25) is 0 Å². The zero-order valence-electron chi connectivity index (χ0n) is 14.8. The first-order chi connectivity index (χ1) is 10.8. The highest BCUT2D eigenvalue weighted by atomic mass is 16.5. The van der Waals surface area contributed by atoms with E-state index in [4.69, 9.17) is 4.74 Å². The van der Waals surface area contributed by atoms with Gasteiger partial charge >= 0.3 is 0 Å². The van der Waals surface area contributed by atoms with E-state index in [-0.39, 0.29) is 23.0 Å². The lowest BCUT2D eigenvalue weighted by molar-refractivity contribution is -0.117. The summed E-state index contributed by atoms with van der Waals surface area (Å²) in [6, 6.07) is 8.14. The molecule has 2 atom stereocenters. The molecule has 1 N–H and O–H groups in total. The third-order valence-corrected chi connectivity index (χ3v) is 5.56. The Balaban J connectivity index is 2.09. The molecular weight excluding hydrogens is 286 g/mol. The molecule has 0 radical (unpaired) electrons. The second kappa shape index (κ2) is 5.48. The van der Waals surface area contributed by atoms with Gasteiger partial charge in [-0.3, -0.25) is 4.79 Å². The SMILES string of the molecule is COC1CC(C)(C)CC2(C1)NC(=O)C(c1ccccc1C)=C2C. The number of hydrogen-bond donors (Lipinski definition) is 1. The summed E-state index contributed by atoms with van der Waals surface area (Å²) in [5.41, 5.74) is 4.11. The van der Waals surface area contributed by atoms with Crippen LogP contribution < -0.4 is 5.32 Å². The monoisotopic (exact) mass is 313 g/mol. The van der Waals surface area contributed by atoms with Gasteiger partial charge in [0.25, 0.3) is 5.91 Å². The molecule has 1 heterocycles. The molecule has 3 nitrogen and oxygen atoms in total. The lowest BCUT2D eigenvalue weighted by Crippen LogP contribution is -2.53. The Labute approximate surface area is 139 Å². The van der Waals surface area contributed by atoms with Crippen LogP contribution in [-0.4, -0.2) is 24.7 Å². The lowest BCUT2D eigenvalue weighted by atomic mass is 9.64. The Morgan fingerprint density at radius 2 is 1.87 bits per heavy atom. The topological polar surface area (TPSA) is 38.3 Å². The Kier molecular flexibility index (Phi) is 3.88. The quantitative estimate of drug-likeness (QED) is 0.900. The van der Waals surface area contributed by atoms with Crippen LogP contribution in [0, 0.1) is 12.3 Å². The third-order valence-electron chi connectivity index (χ3n) is 5.56. The number of ether oxygens (including phenoxy) is 1. The predicted octanol–water partition coefficient (Wildman–Crippen LogP) is 3.86. The van der Waals surface area contributed by atoms with Crippen LogP contribution in [0.4, 0.5) is 0 Å². The Hall–Kier alpha value is -1.61. The Bertz CT molecular complexity index is 674. The van der Waals surface area contributed by atoms with E-state index in [1.165, 1.54) is 5.57 Å². The fourth-order valence-corrected chi connectivity index (χ4v) is 4.55. The summed E-state index contributed by atoms with van der Waals surface area (Å²) >= 11 is 0. The summed E-state index contributed by atoms with van der Waals surface area (Å²) in [7, 11) is 1.78. The fraction of sp³-hybridized carbons (Fsp3) is 0.550. The van der Waals surface area contributed by atoms with E-state index in [1.54, 1.807) is 7.11 Å². The van der Waals surface area contributed by atoms with Crippen molar-refractivity contribution in [2.45, 2.75) is 58.6 Å². The van der Waals surface area contributed by atoms with E-state index >= 15 is 0 Å². The van der Waals surface area contributed by atoms with E-state index in [9.17, 15) is 4.79 Å². The summed E-state index contributed by atoms with van der Waals surface area (Å²) in [6.45, 7) is 8.72. The maximum Gasteiger partial charge on any atom is 0.252 e. The molecule has 0 saturated heterocycles. The van der Waals surface area contributed by atoms with Gasteiger partial charge in [0.15, 0.2) is 0 Å². The molecule has 2 unspecified atom stereocenters. The van der Waals surface area contributed by atoms with Crippen molar-refractivity contribution in [1.82, 2.24) is 5.32 Å². The molecule has 23 heavy (non-hydrogen) atoms. The molecule has 0 bridgehead atoms. The van der Waals surface area contributed by atoms with Crippen molar-refractivity contribution in [2.75, 3.05) is 7.11 Å². The van der Waals surface area contributed by atoms with Crippen LogP contribution in [0.2, 0.25) is 0 Å². The van der Waals surface area contributed by atoms with E-state index in [1.807, 2.05) is 12.1 Å². The van der Waals surface area contributed by atoms with Gasteiger partial charge < -0.3 is 10.1 Å². The number of carbonyl (C=O) groups is 1. The molecule has 3 rings (SSSR count). The summed E-state index contributed by atoms with van der Waals surface area (Å²) in [5.74, 6) is 0.0596. The number of hydrogen-bond acceptors (Lipinski definition) is 2. The normalized spacial score (nSPS) is 30.0. The molecule has 124 valence electrons. The number of aryl methyl sites for hydroxylation is 1. The van der Waals surface area contributed by atoms with E-state index in [2.05, 4.69) is 45.1 Å². The molecular formula is C20H27NO2. The zero-order valence-corrected chi connectivity index (χ0v) is 14.8. The number of methoxy groups -OCH3 is 1. The van der Waals surface area contributed by atoms with Crippen molar-refractivity contribution in [3.8, 4) is 0 Å². The average Bonchev–Trinajstić information content (AvgIpc) is 2.68. The largest absolute Gasteiger partial charge is 0.381 e. The molecule has 2 aliphatic rings. The van der Waals surface area contributed by atoms with Crippen molar-refractivity contribution in [3.63, 3.8) is 0 Å². The summed E-state index contributed by atoms with van der Waals surface area (Å²) in [5, 5.41) is 3.32. The van der Waals surface area contributed by atoms with Gasteiger partial charge in [-0.05, 0) is 48.8 Å². The number of nitrogens with one attached hydrogen (secondary N) is 1. The smallest absolute Gasteiger partial charge is 0.252 e. The Morgan fingerprint density at radius 1 is 1.17 bits per heavy atom. The van der Waals surface area contributed by atoms with E-state index in [0.29, 0.717) is 0 Å². The average molecular weight is 313 g/mol. The molecule has 3 heteroatoms. The number of benzene rings is 1. The predicted molar refractivity (Wildman–Crippen MR) is 93.1 cm³/mol. The first-order valence-corrected chi connectivity index (χ1v) is 8.41. The van der Waals surface area contributed by atoms with Crippen molar-refractivity contribution >= 4 is 11.5 Å². The molecule has 1 aromatic carbocycles. The van der Waals surface area contributed by atoms with Crippen LogP contribution >= 0.6 is 0 Å². The van der Waals surface area contributed by atoms with Crippen LogP contribution in [0.1, 0.15) is 51.2 Å². The zero-order chi connectivity index (χ0) is 16.8. The van der Waals surface area contributed by atoms with Gasteiger partial charge in [0, 0.05) is 19.1 Å². The van der Waals surface area contributed by atoms with E-state index < -0.39 is 0 Å². The maximum absolute atomic E-state index is 12.8. The van der Waals surface area contributed by atoms with Crippen molar-refractivity contribution in [3.05, 3.63) is 41.0 Å². The van der Waals surface area contributed by atoms with Gasteiger partial charge in [0.1, 0.15) is 0 Å². The van der Waals surface area contributed by atoms with Crippen LogP contribution in [0.25, 0.3) is 5.57 Å². The number of carbonyl (C=O) groups excluding carboxylic acids is 1. The first kappa shape index (κ1) is 16.3. The standard InChI is InChI=1S/C20H27NO2/c1-13-8-6-7-9-16(13)17-14(2)20(21-18(17)22)11-15(23-5)10-19(3,4)12-20/h6-9,15H,10-12H2,1-5H3,(H,21,22). The molecule has 1 amide bonds. The molecule has 1 aromatic rings. The van der Waals surface area contributed by atoms with Crippen LogP contribution in [-0.2, 0) is 9.53 Å². The van der Waals surface area contributed by atoms with Crippen LogP contribution in [0.3, 0.4) is 0 Å². The van der Waals surface area contributed by atoms with Crippen molar-refractivity contribution in [1.29, 1.82) is 0 Å². The molecule has 1 aliphatic heterocycles. The van der Waals surface area contributed by atoms with Gasteiger partial charge in [-0.1, -0.05) is 38.1 Å². The minimum absolute atomic E-state index is 0.0596. The van der Waals surface area contributed by atoms with Crippen LogP contribution in [0.15, 0.2) is 29.8 Å². The molecule has 1 aliphatic carbocycles. The maximum atomic E-state index is 12.8. The summed E-state index contributed by atoms with van der Waals surface area (Å²) in [6.07, 6.45) is 3.05. The van der Waals surface area contributed by atoms with Gasteiger partial charge in [0.05, 0.1) is 11.6 Å². The third kappa shape index (κ3) is 2.72. The van der Waals surface area contributed by atoms with Gasteiger partial charge in [-0.2, -0.15) is 0 Å². The Morgan fingerprint density at radius 3 is 2.52 bits per heavy atom. The number of amides is 1. The van der Waals surface area contributed by atoms with E-state index in [0.717, 1.165) is 36.0 Å². The van der Waals surface area contributed by atoms with Crippen LogP contribution in [0.5, 0.6) is 0 Å². The summed E-state index contributed by atoms with van der Waals surface area (Å²) in [4.78, 5) is 12.8. The lowest BCUT2D eigenvalue weighted by Gasteiger charge is -2.47. The molecule has 0 aromatic heterocycles. The fourth-order valence-electron chi connectivity index (χ4n) is 4.55. The second-order valence-electron chi connectivity index (χ2n) is 7.96. The molecule has 1 saturated carbocycles. The van der Waals surface area contributed by atoms with Crippen molar-refractivity contribution in [2.24, 2.45) is 5.41 Å². The molecule has 1 fully saturated rings. The highest BCUT2D eigenvalue weighted by Gasteiger charge is 2.51. The minimum Gasteiger partial charge on any atom is -0.381 e.